The van der Waals surface area contributed by atoms with Crippen LogP contribution in [0.15, 0.2) is 97.3 Å². The highest BCUT2D eigenvalue weighted by molar-refractivity contribution is 5.63. The summed E-state index contributed by atoms with van der Waals surface area (Å²) in [6.07, 6.45) is 4.14. The van der Waals surface area contributed by atoms with Crippen molar-refractivity contribution in [3.8, 4) is 11.1 Å². The van der Waals surface area contributed by atoms with Gasteiger partial charge < -0.3 is 10.2 Å². The van der Waals surface area contributed by atoms with E-state index in [1.807, 2.05) is 6.20 Å². The number of nitrogens with one attached hydrogen (secondary N) is 1. The maximum atomic E-state index is 3.27. The Morgan fingerprint density at radius 2 is 1.25 bits per heavy atom. The highest BCUT2D eigenvalue weighted by Gasteiger charge is 2.21. The van der Waals surface area contributed by atoms with Gasteiger partial charge in [0.2, 0.25) is 0 Å². The standard InChI is InChI=1S/C22H20N2/c1-3-7-18(8-4-1)19-11-13-21(14-12-19)22(24-16-15-23-17-24)20-9-5-2-6-10-20/h1-16,22-23H,17H2/t22-/m0/s1. The van der Waals surface area contributed by atoms with E-state index in [1.54, 1.807) is 0 Å². The molecule has 0 spiro atoms. The van der Waals surface area contributed by atoms with E-state index in [9.17, 15) is 0 Å². The summed E-state index contributed by atoms with van der Waals surface area (Å²) in [6.45, 7) is 0.833. The van der Waals surface area contributed by atoms with Crippen LogP contribution in [0.3, 0.4) is 0 Å². The lowest BCUT2D eigenvalue weighted by atomic mass is 9.95. The molecule has 1 aliphatic rings. The summed E-state index contributed by atoms with van der Waals surface area (Å²) in [5.74, 6) is 0. The second kappa shape index (κ2) is 6.63. The first-order valence-corrected chi connectivity index (χ1v) is 8.28. The topological polar surface area (TPSA) is 15.3 Å². The first-order chi connectivity index (χ1) is 11.9. The number of hydrogen-bond acceptors (Lipinski definition) is 2. The number of nitrogens with zero attached hydrogens (tertiary/aromatic N) is 1. The van der Waals surface area contributed by atoms with E-state index in [4.69, 9.17) is 0 Å². The van der Waals surface area contributed by atoms with Gasteiger partial charge in [-0.3, -0.25) is 0 Å². The SMILES string of the molecule is C1=CN([C@@H](c2ccccc2)c2ccc(-c3ccccc3)cc2)CN1. The van der Waals surface area contributed by atoms with Gasteiger partial charge >= 0.3 is 0 Å². The maximum absolute atomic E-state index is 3.27. The Hall–Kier alpha value is -3.00. The van der Waals surface area contributed by atoms with Crippen LogP contribution in [0.4, 0.5) is 0 Å². The van der Waals surface area contributed by atoms with Crippen LogP contribution in [-0.2, 0) is 0 Å². The highest BCUT2D eigenvalue weighted by Crippen LogP contribution is 2.31. The molecule has 0 bridgehead atoms. The van der Waals surface area contributed by atoms with Gasteiger partial charge in [-0.25, -0.2) is 0 Å². The Morgan fingerprint density at radius 3 is 1.88 bits per heavy atom. The number of hydrogen-bond donors (Lipinski definition) is 1. The van der Waals surface area contributed by atoms with Crippen LogP contribution >= 0.6 is 0 Å². The largest absolute Gasteiger partial charge is 0.373 e. The first-order valence-electron chi connectivity index (χ1n) is 8.28. The molecule has 0 fully saturated rings. The molecule has 118 valence electrons. The Balaban J connectivity index is 1.69. The van der Waals surface area contributed by atoms with E-state index in [0.29, 0.717) is 0 Å². The summed E-state index contributed by atoms with van der Waals surface area (Å²) in [5, 5.41) is 3.27. The summed E-state index contributed by atoms with van der Waals surface area (Å²) in [7, 11) is 0. The maximum Gasteiger partial charge on any atom is 0.0876 e. The normalized spacial score (nSPS) is 14.4. The third kappa shape index (κ3) is 2.91. The molecule has 2 heteroatoms. The number of rotatable bonds is 4. The molecule has 0 aliphatic carbocycles. The van der Waals surface area contributed by atoms with Crippen LogP contribution in [-0.4, -0.2) is 11.6 Å². The molecule has 1 aliphatic heterocycles. The lowest BCUT2D eigenvalue weighted by Crippen LogP contribution is -2.26. The molecule has 1 heterocycles. The lowest BCUT2D eigenvalue weighted by molar-refractivity contribution is 0.331. The molecule has 2 nitrogen and oxygen atoms in total. The molecule has 0 amide bonds. The molecule has 0 aromatic heterocycles. The van der Waals surface area contributed by atoms with Crippen LogP contribution in [0.5, 0.6) is 0 Å². The van der Waals surface area contributed by atoms with Gasteiger partial charge in [-0.2, -0.15) is 0 Å². The third-order valence-electron chi connectivity index (χ3n) is 4.44. The van der Waals surface area contributed by atoms with Crippen molar-refractivity contribution >= 4 is 0 Å². The van der Waals surface area contributed by atoms with Crippen molar-refractivity contribution in [3.05, 3.63) is 108 Å². The molecular formula is C22H20N2. The zero-order valence-corrected chi connectivity index (χ0v) is 13.5. The molecule has 3 aromatic rings. The predicted octanol–water partition coefficient (Wildman–Crippen LogP) is 4.78. The molecule has 0 saturated heterocycles. The number of benzene rings is 3. The molecule has 1 N–H and O–H groups in total. The van der Waals surface area contributed by atoms with Gasteiger partial charge in [0.15, 0.2) is 0 Å². The molecule has 4 rings (SSSR count). The molecule has 3 aromatic carbocycles. The zero-order valence-electron chi connectivity index (χ0n) is 13.5. The summed E-state index contributed by atoms with van der Waals surface area (Å²) < 4.78 is 0. The van der Waals surface area contributed by atoms with Crippen molar-refractivity contribution in [2.45, 2.75) is 6.04 Å². The van der Waals surface area contributed by atoms with Crippen LogP contribution in [0, 0.1) is 0 Å². The monoisotopic (exact) mass is 312 g/mol. The highest BCUT2D eigenvalue weighted by atomic mass is 15.3. The molecule has 24 heavy (non-hydrogen) atoms. The lowest BCUT2D eigenvalue weighted by Gasteiger charge is -2.28. The second-order valence-electron chi connectivity index (χ2n) is 5.99. The van der Waals surface area contributed by atoms with Crippen LogP contribution < -0.4 is 5.32 Å². The van der Waals surface area contributed by atoms with E-state index in [1.165, 1.54) is 22.3 Å². The minimum Gasteiger partial charge on any atom is -0.373 e. The Bertz CT molecular complexity index is 808. The summed E-state index contributed by atoms with van der Waals surface area (Å²) in [6, 6.07) is 30.3. The van der Waals surface area contributed by atoms with Gasteiger partial charge in [-0.05, 0) is 22.3 Å². The summed E-state index contributed by atoms with van der Waals surface area (Å²) >= 11 is 0. The minimum atomic E-state index is 0.224. The second-order valence-corrected chi connectivity index (χ2v) is 5.99. The van der Waals surface area contributed by atoms with Gasteiger partial charge in [0.25, 0.3) is 0 Å². The average molecular weight is 312 g/mol. The van der Waals surface area contributed by atoms with Crippen LogP contribution in [0.1, 0.15) is 17.2 Å². The average Bonchev–Trinajstić information content (AvgIpc) is 3.18. The van der Waals surface area contributed by atoms with Crippen LogP contribution in [0.2, 0.25) is 0 Å². The molecular weight excluding hydrogens is 292 g/mol. The van der Waals surface area contributed by atoms with Crippen LogP contribution in [0.25, 0.3) is 11.1 Å². The quantitative estimate of drug-likeness (QED) is 0.746. The fraction of sp³-hybridized carbons (Fsp3) is 0.0909. The van der Waals surface area contributed by atoms with Gasteiger partial charge in [0, 0.05) is 12.4 Å². The van der Waals surface area contributed by atoms with E-state index >= 15 is 0 Å². The van der Waals surface area contributed by atoms with Gasteiger partial charge in [-0.1, -0.05) is 84.9 Å². The molecule has 0 radical (unpaired) electrons. The fourth-order valence-electron chi connectivity index (χ4n) is 3.24. The summed E-state index contributed by atoms with van der Waals surface area (Å²) in [4.78, 5) is 2.33. The van der Waals surface area contributed by atoms with Gasteiger partial charge in [0.1, 0.15) is 0 Å². The predicted molar refractivity (Wildman–Crippen MR) is 99.1 cm³/mol. The molecule has 0 saturated carbocycles. The van der Waals surface area contributed by atoms with Crippen molar-refractivity contribution in [1.82, 2.24) is 10.2 Å². The van der Waals surface area contributed by atoms with Gasteiger partial charge in [-0.15, -0.1) is 0 Å². The third-order valence-corrected chi connectivity index (χ3v) is 4.44. The fourth-order valence-corrected chi connectivity index (χ4v) is 3.24. The van der Waals surface area contributed by atoms with Crippen molar-refractivity contribution in [2.24, 2.45) is 0 Å². The first kappa shape index (κ1) is 14.6. The van der Waals surface area contributed by atoms with E-state index in [-0.39, 0.29) is 6.04 Å². The van der Waals surface area contributed by atoms with E-state index in [0.717, 1.165) is 6.67 Å². The van der Waals surface area contributed by atoms with Crippen molar-refractivity contribution in [2.75, 3.05) is 6.67 Å². The van der Waals surface area contributed by atoms with E-state index < -0.39 is 0 Å². The zero-order chi connectivity index (χ0) is 16.2. The minimum absolute atomic E-state index is 0.224. The smallest absolute Gasteiger partial charge is 0.0876 e. The Morgan fingerprint density at radius 1 is 0.667 bits per heavy atom. The van der Waals surface area contributed by atoms with Crippen molar-refractivity contribution in [3.63, 3.8) is 0 Å². The molecule has 0 unspecified atom stereocenters. The van der Waals surface area contributed by atoms with Gasteiger partial charge in [0.05, 0.1) is 12.7 Å². The van der Waals surface area contributed by atoms with Crippen molar-refractivity contribution < 1.29 is 0 Å². The van der Waals surface area contributed by atoms with Crippen molar-refractivity contribution in [1.29, 1.82) is 0 Å². The van der Waals surface area contributed by atoms with E-state index in [2.05, 4.69) is 101 Å². The summed E-state index contributed by atoms with van der Waals surface area (Å²) in [5.41, 5.74) is 5.11. The molecule has 1 atom stereocenters. The Labute approximate surface area is 143 Å². The Kier molecular flexibility index (Phi) is 4.03.